The van der Waals surface area contributed by atoms with E-state index in [-0.39, 0.29) is 12.2 Å². The average Bonchev–Trinajstić information content (AvgIpc) is 2.87. The highest BCUT2D eigenvalue weighted by Crippen LogP contribution is 2.18. The smallest absolute Gasteiger partial charge is 0.326 e. The minimum Gasteiger partial charge on any atom is -0.480 e. The summed E-state index contributed by atoms with van der Waals surface area (Å²) < 4.78 is 13.0. The summed E-state index contributed by atoms with van der Waals surface area (Å²) in [5.41, 5.74) is 0.148. The molecule has 7 heteroatoms. The fourth-order valence-electron chi connectivity index (χ4n) is 2.15. The Morgan fingerprint density at radius 2 is 2.10 bits per heavy atom. The van der Waals surface area contributed by atoms with Crippen LogP contribution in [0.3, 0.4) is 0 Å². The molecule has 2 rings (SSSR count). The number of nitrogens with zero attached hydrogens (tertiary/aromatic N) is 1. The van der Waals surface area contributed by atoms with Gasteiger partial charge in [-0.25, -0.2) is 9.18 Å². The van der Waals surface area contributed by atoms with E-state index in [0.29, 0.717) is 12.8 Å². The van der Waals surface area contributed by atoms with Gasteiger partial charge in [-0.05, 0) is 31.0 Å². The Morgan fingerprint density at radius 3 is 2.75 bits per heavy atom. The first-order chi connectivity index (χ1) is 9.49. The lowest BCUT2D eigenvalue weighted by Gasteiger charge is -2.20. The highest BCUT2D eigenvalue weighted by atomic mass is 19.1. The molecular weight excluding hydrogens is 267 g/mol. The van der Waals surface area contributed by atoms with Gasteiger partial charge in [0, 0.05) is 12.2 Å². The van der Waals surface area contributed by atoms with E-state index < -0.39 is 29.6 Å². The first-order valence-corrected chi connectivity index (χ1v) is 6.09. The number of rotatable bonds is 2. The number of nitrogens with one attached hydrogen (secondary N) is 1. The highest BCUT2D eigenvalue weighted by molar-refractivity contribution is 6.39. The van der Waals surface area contributed by atoms with Crippen LogP contribution in [-0.4, -0.2) is 40.4 Å². The minimum absolute atomic E-state index is 0.148. The Kier molecular flexibility index (Phi) is 3.97. The second kappa shape index (κ2) is 5.68. The SMILES string of the molecule is O=C(Nc1cccc(F)c1)C(=O)N1CCCC1C(=O)O. The van der Waals surface area contributed by atoms with Crippen LogP contribution >= 0.6 is 0 Å². The number of carboxylic acids is 1. The van der Waals surface area contributed by atoms with Crippen molar-refractivity contribution in [3.8, 4) is 0 Å². The van der Waals surface area contributed by atoms with Crippen molar-refractivity contribution in [3.63, 3.8) is 0 Å². The van der Waals surface area contributed by atoms with Gasteiger partial charge in [-0.3, -0.25) is 9.59 Å². The average molecular weight is 280 g/mol. The maximum atomic E-state index is 13.0. The first kappa shape index (κ1) is 14.0. The monoisotopic (exact) mass is 280 g/mol. The minimum atomic E-state index is -1.13. The van der Waals surface area contributed by atoms with E-state index in [0.717, 1.165) is 11.0 Å². The number of likely N-dealkylation sites (tertiary alicyclic amines) is 1. The number of hydrogen-bond donors (Lipinski definition) is 2. The summed E-state index contributed by atoms with van der Waals surface area (Å²) in [6, 6.07) is 4.14. The highest BCUT2D eigenvalue weighted by Gasteiger charge is 2.36. The Morgan fingerprint density at radius 1 is 1.35 bits per heavy atom. The third-order valence-corrected chi connectivity index (χ3v) is 3.08. The van der Waals surface area contributed by atoms with Crippen LogP contribution in [0.1, 0.15) is 12.8 Å². The van der Waals surface area contributed by atoms with E-state index in [1.165, 1.54) is 18.2 Å². The molecule has 2 N–H and O–H groups in total. The van der Waals surface area contributed by atoms with Crippen LogP contribution in [0.2, 0.25) is 0 Å². The van der Waals surface area contributed by atoms with Crippen molar-refractivity contribution < 1.29 is 23.9 Å². The quantitative estimate of drug-likeness (QED) is 0.786. The fourth-order valence-corrected chi connectivity index (χ4v) is 2.15. The summed E-state index contributed by atoms with van der Waals surface area (Å²) in [6.07, 6.45) is 0.865. The second-order valence-corrected chi connectivity index (χ2v) is 4.46. The predicted molar refractivity (Wildman–Crippen MR) is 67.4 cm³/mol. The molecule has 0 aliphatic carbocycles. The second-order valence-electron chi connectivity index (χ2n) is 4.46. The van der Waals surface area contributed by atoms with Crippen LogP contribution in [0.4, 0.5) is 10.1 Å². The van der Waals surface area contributed by atoms with E-state index in [1.54, 1.807) is 0 Å². The lowest BCUT2D eigenvalue weighted by molar-refractivity contribution is -0.151. The molecule has 1 atom stereocenters. The van der Waals surface area contributed by atoms with E-state index in [4.69, 9.17) is 5.11 Å². The number of aliphatic carboxylic acids is 1. The van der Waals surface area contributed by atoms with E-state index >= 15 is 0 Å². The zero-order valence-corrected chi connectivity index (χ0v) is 10.5. The van der Waals surface area contributed by atoms with Crippen molar-refractivity contribution in [2.75, 3.05) is 11.9 Å². The van der Waals surface area contributed by atoms with Gasteiger partial charge < -0.3 is 15.3 Å². The number of hydrogen-bond acceptors (Lipinski definition) is 3. The normalized spacial score (nSPS) is 17.9. The molecule has 1 fully saturated rings. The largest absolute Gasteiger partial charge is 0.480 e. The van der Waals surface area contributed by atoms with Crippen molar-refractivity contribution in [3.05, 3.63) is 30.1 Å². The van der Waals surface area contributed by atoms with Crippen molar-refractivity contribution in [1.29, 1.82) is 0 Å². The molecule has 2 amide bonds. The van der Waals surface area contributed by atoms with Gasteiger partial charge in [0.25, 0.3) is 0 Å². The molecule has 6 nitrogen and oxygen atoms in total. The number of carbonyl (C=O) groups is 3. The molecule has 106 valence electrons. The molecular formula is C13H13FN2O4. The van der Waals surface area contributed by atoms with Crippen molar-refractivity contribution in [1.82, 2.24) is 4.90 Å². The molecule has 1 aliphatic heterocycles. The first-order valence-electron chi connectivity index (χ1n) is 6.09. The summed E-state index contributed by atoms with van der Waals surface area (Å²) in [6.45, 7) is 0.229. The van der Waals surface area contributed by atoms with Crippen LogP contribution in [0.5, 0.6) is 0 Å². The van der Waals surface area contributed by atoms with Crippen LogP contribution in [0, 0.1) is 5.82 Å². The molecule has 0 radical (unpaired) electrons. The number of amides is 2. The molecule has 1 aliphatic rings. The number of halogens is 1. The van der Waals surface area contributed by atoms with Gasteiger partial charge in [-0.1, -0.05) is 6.07 Å². The summed E-state index contributed by atoms with van der Waals surface area (Å²) in [5.74, 6) is -3.56. The number of carboxylic acid groups (broad SMARTS) is 1. The van der Waals surface area contributed by atoms with Crippen molar-refractivity contribution in [2.45, 2.75) is 18.9 Å². The van der Waals surface area contributed by atoms with Crippen LogP contribution in [-0.2, 0) is 14.4 Å². The lowest BCUT2D eigenvalue weighted by atomic mass is 10.2. The standard InChI is InChI=1S/C13H13FN2O4/c14-8-3-1-4-9(7-8)15-11(17)12(18)16-6-2-5-10(16)13(19)20/h1,3-4,7,10H,2,5-6H2,(H,15,17)(H,19,20). The molecule has 0 saturated carbocycles. The Bertz CT molecular complexity index is 561. The maximum absolute atomic E-state index is 13.0. The number of anilines is 1. The third-order valence-electron chi connectivity index (χ3n) is 3.08. The third kappa shape index (κ3) is 2.93. The molecule has 0 spiro atoms. The van der Waals surface area contributed by atoms with Gasteiger partial charge in [-0.15, -0.1) is 0 Å². The van der Waals surface area contributed by atoms with Gasteiger partial charge in [-0.2, -0.15) is 0 Å². The van der Waals surface area contributed by atoms with E-state index in [1.807, 2.05) is 0 Å². The Labute approximate surface area is 114 Å². The molecule has 1 unspecified atom stereocenters. The van der Waals surface area contributed by atoms with Gasteiger partial charge in [0.2, 0.25) is 0 Å². The Hall–Kier alpha value is -2.44. The molecule has 1 heterocycles. The summed E-state index contributed by atoms with van der Waals surface area (Å²) >= 11 is 0. The molecule has 0 bridgehead atoms. The predicted octanol–water partition coefficient (Wildman–Crippen LogP) is 0.840. The molecule has 0 aromatic heterocycles. The Balaban J connectivity index is 2.05. The zero-order chi connectivity index (χ0) is 14.7. The molecule has 1 aromatic rings. The van der Waals surface area contributed by atoms with Gasteiger partial charge in [0.05, 0.1) is 0 Å². The van der Waals surface area contributed by atoms with Gasteiger partial charge in [0.15, 0.2) is 0 Å². The van der Waals surface area contributed by atoms with Gasteiger partial charge >= 0.3 is 17.8 Å². The van der Waals surface area contributed by atoms with Crippen LogP contribution in [0.25, 0.3) is 0 Å². The number of carbonyl (C=O) groups excluding carboxylic acids is 2. The lowest BCUT2D eigenvalue weighted by Crippen LogP contribution is -2.45. The van der Waals surface area contributed by atoms with Crippen molar-refractivity contribution in [2.24, 2.45) is 0 Å². The fraction of sp³-hybridized carbons (Fsp3) is 0.308. The zero-order valence-electron chi connectivity index (χ0n) is 10.5. The van der Waals surface area contributed by atoms with E-state index in [9.17, 15) is 18.8 Å². The number of benzene rings is 1. The maximum Gasteiger partial charge on any atom is 0.326 e. The molecule has 1 saturated heterocycles. The summed E-state index contributed by atoms with van der Waals surface area (Å²) in [4.78, 5) is 35.7. The summed E-state index contributed by atoms with van der Waals surface area (Å²) in [5, 5.41) is 11.2. The topological polar surface area (TPSA) is 86.7 Å². The summed E-state index contributed by atoms with van der Waals surface area (Å²) in [7, 11) is 0. The van der Waals surface area contributed by atoms with Crippen molar-refractivity contribution >= 4 is 23.5 Å². The molecule has 20 heavy (non-hydrogen) atoms. The van der Waals surface area contributed by atoms with Gasteiger partial charge in [0.1, 0.15) is 11.9 Å². The molecule has 1 aromatic carbocycles. The van der Waals surface area contributed by atoms with Crippen LogP contribution < -0.4 is 5.32 Å². The van der Waals surface area contributed by atoms with E-state index in [2.05, 4.69) is 5.32 Å². The van der Waals surface area contributed by atoms with Crippen LogP contribution in [0.15, 0.2) is 24.3 Å².